The fourth-order valence-electron chi connectivity index (χ4n) is 1.94. The average molecular weight is 273 g/mol. The van der Waals surface area contributed by atoms with Crippen molar-refractivity contribution in [3.63, 3.8) is 0 Å². The molecule has 0 bridgehead atoms. The summed E-state index contributed by atoms with van der Waals surface area (Å²) in [4.78, 5) is 12.6. The number of carbonyl (C=O) groups is 1. The largest absolute Gasteiger partial charge is 0.445 e. The molecular formula is C13H14F3NO2. The van der Waals surface area contributed by atoms with E-state index in [1.165, 1.54) is 24.3 Å². The van der Waals surface area contributed by atoms with Gasteiger partial charge in [0.25, 0.3) is 5.92 Å². The summed E-state index contributed by atoms with van der Waals surface area (Å²) in [6.45, 7) is -0.381. The molecule has 19 heavy (non-hydrogen) atoms. The number of hydrogen-bond donors (Lipinski definition) is 0. The van der Waals surface area contributed by atoms with Crippen LogP contribution in [0.4, 0.5) is 18.0 Å². The van der Waals surface area contributed by atoms with Gasteiger partial charge in [-0.2, -0.15) is 0 Å². The van der Waals surface area contributed by atoms with Crippen molar-refractivity contribution in [3.05, 3.63) is 35.6 Å². The molecule has 1 aliphatic rings. The predicted octanol–water partition coefficient (Wildman–Crippen LogP) is 3.19. The zero-order chi connectivity index (χ0) is 13.9. The molecule has 1 heterocycles. The third-order valence-electron chi connectivity index (χ3n) is 2.93. The van der Waals surface area contributed by atoms with Gasteiger partial charge in [0.1, 0.15) is 12.4 Å². The zero-order valence-corrected chi connectivity index (χ0v) is 10.2. The van der Waals surface area contributed by atoms with Crippen molar-refractivity contribution in [2.24, 2.45) is 0 Å². The van der Waals surface area contributed by atoms with Crippen molar-refractivity contribution in [3.8, 4) is 0 Å². The maximum absolute atomic E-state index is 13.1. The lowest BCUT2D eigenvalue weighted by atomic mass is 10.1. The van der Waals surface area contributed by atoms with Gasteiger partial charge in [0.05, 0.1) is 6.54 Å². The summed E-state index contributed by atoms with van der Waals surface area (Å²) in [7, 11) is 0. The number of halogens is 3. The highest BCUT2D eigenvalue weighted by Gasteiger charge is 2.37. The molecule has 0 unspecified atom stereocenters. The number of hydrogen-bond acceptors (Lipinski definition) is 2. The smallest absolute Gasteiger partial charge is 0.410 e. The molecule has 0 aromatic heterocycles. The number of likely N-dealkylation sites (tertiary alicyclic amines) is 1. The third kappa shape index (κ3) is 3.87. The summed E-state index contributed by atoms with van der Waals surface area (Å²) in [5, 5.41) is 0. The molecule has 1 aromatic carbocycles. The maximum Gasteiger partial charge on any atom is 0.410 e. The van der Waals surface area contributed by atoms with Gasteiger partial charge in [-0.3, -0.25) is 0 Å². The molecule has 104 valence electrons. The third-order valence-corrected chi connectivity index (χ3v) is 2.93. The highest BCUT2D eigenvalue weighted by Crippen LogP contribution is 2.26. The molecule has 1 aliphatic heterocycles. The first-order chi connectivity index (χ1) is 8.96. The molecule has 1 amide bonds. The second kappa shape index (κ2) is 5.50. The Morgan fingerprint density at radius 3 is 2.63 bits per heavy atom. The quantitative estimate of drug-likeness (QED) is 0.828. The molecule has 6 heteroatoms. The fraction of sp³-hybridized carbons (Fsp3) is 0.462. The molecule has 0 spiro atoms. The van der Waals surface area contributed by atoms with E-state index in [4.69, 9.17) is 4.74 Å². The predicted molar refractivity (Wildman–Crippen MR) is 62.3 cm³/mol. The monoisotopic (exact) mass is 273 g/mol. The Morgan fingerprint density at radius 2 is 2.00 bits per heavy atom. The van der Waals surface area contributed by atoms with Gasteiger partial charge < -0.3 is 9.64 Å². The van der Waals surface area contributed by atoms with Crippen LogP contribution in [0.25, 0.3) is 0 Å². The Balaban J connectivity index is 1.85. The van der Waals surface area contributed by atoms with E-state index in [1.54, 1.807) is 0 Å². The van der Waals surface area contributed by atoms with Gasteiger partial charge in [0, 0.05) is 13.0 Å². The standard InChI is InChI=1S/C13H14F3NO2/c14-11-4-2-10(3-5-11)8-19-12(18)17-7-1-6-13(15,16)9-17/h2-5H,1,6-9H2. The number of carbonyl (C=O) groups excluding carboxylic acids is 1. The summed E-state index contributed by atoms with van der Waals surface area (Å²) < 4.78 is 43.9. The number of rotatable bonds is 2. The van der Waals surface area contributed by atoms with Crippen LogP contribution in [-0.2, 0) is 11.3 Å². The minimum Gasteiger partial charge on any atom is -0.445 e. The van der Waals surface area contributed by atoms with Crippen LogP contribution in [0.1, 0.15) is 18.4 Å². The lowest BCUT2D eigenvalue weighted by molar-refractivity contribution is -0.0611. The second-order valence-corrected chi connectivity index (χ2v) is 4.56. The lowest BCUT2D eigenvalue weighted by Gasteiger charge is -2.31. The van der Waals surface area contributed by atoms with E-state index in [0.29, 0.717) is 5.56 Å². The molecule has 1 saturated heterocycles. The highest BCUT2D eigenvalue weighted by molar-refractivity contribution is 5.67. The Bertz CT molecular complexity index is 448. The molecule has 3 nitrogen and oxygen atoms in total. The first-order valence-electron chi connectivity index (χ1n) is 6.00. The van der Waals surface area contributed by atoms with Gasteiger partial charge in [0.15, 0.2) is 0 Å². The van der Waals surface area contributed by atoms with Crippen molar-refractivity contribution in [2.45, 2.75) is 25.4 Å². The minimum atomic E-state index is -2.84. The summed E-state index contributed by atoms with van der Waals surface area (Å²) in [5.74, 6) is -3.22. The van der Waals surface area contributed by atoms with E-state index < -0.39 is 18.6 Å². The molecule has 0 saturated carbocycles. The van der Waals surface area contributed by atoms with Crippen molar-refractivity contribution in [1.29, 1.82) is 0 Å². The van der Waals surface area contributed by atoms with Crippen LogP contribution >= 0.6 is 0 Å². The zero-order valence-electron chi connectivity index (χ0n) is 10.2. The second-order valence-electron chi connectivity index (χ2n) is 4.56. The summed E-state index contributed by atoms with van der Waals surface area (Å²) in [5.41, 5.74) is 0.610. The van der Waals surface area contributed by atoms with Gasteiger partial charge in [-0.1, -0.05) is 12.1 Å². The van der Waals surface area contributed by atoms with E-state index in [9.17, 15) is 18.0 Å². The molecule has 0 aliphatic carbocycles. The fourth-order valence-corrected chi connectivity index (χ4v) is 1.94. The topological polar surface area (TPSA) is 29.5 Å². The maximum atomic E-state index is 13.1. The number of nitrogens with zero attached hydrogens (tertiary/aromatic N) is 1. The number of amides is 1. The van der Waals surface area contributed by atoms with Gasteiger partial charge >= 0.3 is 6.09 Å². The Hall–Kier alpha value is -1.72. The van der Waals surface area contributed by atoms with Crippen molar-refractivity contribution in [2.75, 3.05) is 13.1 Å². The normalized spacial score (nSPS) is 18.2. The van der Waals surface area contributed by atoms with Crippen molar-refractivity contribution in [1.82, 2.24) is 4.90 Å². The summed E-state index contributed by atoms with van der Waals surface area (Å²) >= 11 is 0. The van der Waals surface area contributed by atoms with Crippen LogP contribution < -0.4 is 0 Å². The Kier molecular flexibility index (Phi) is 3.97. The van der Waals surface area contributed by atoms with Gasteiger partial charge in [-0.25, -0.2) is 18.0 Å². The molecule has 0 radical (unpaired) electrons. The number of ether oxygens (including phenoxy) is 1. The summed E-state index contributed by atoms with van der Waals surface area (Å²) in [6.07, 6.45) is -0.698. The first kappa shape index (κ1) is 13.7. The lowest BCUT2D eigenvalue weighted by Crippen LogP contribution is -2.45. The summed E-state index contributed by atoms with van der Waals surface area (Å²) in [6, 6.07) is 5.46. The van der Waals surface area contributed by atoms with E-state index in [2.05, 4.69) is 0 Å². The average Bonchev–Trinajstić information content (AvgIpc) is 2.36. The Labute approximate surface area is 109 Å². The van der Waals surface area contributed by atoms with E-state index >= 15 is 0 Å². The number of alkyl halides is 2. The Morgan fingerprint density at radius 1 is 1.32 bits per heavy atom. The SMILES string of the molecule is O=C(OCc1ccc(F)cc1)N1CCCC(F)(F)C1. The van der Waals surface area contributed by atoms with E-state index in [-0.39, 0.29) is 31.8 Å². The van der Waals surface area contributed by atoms with Gasteiger partial charge in [0.2, 0.25) is 0 Å². The highest BCUT2D eigenvalue weighted by atomic mass is 19.3. The van der Waals surface area contributed by atoms with Crippen LogP contribution in [0, 0.1) is 5.82 Å². The van der Waals surface area contributed by atoms with Crippen LogP contribution in [0.5, 0.6) is 0 Å². The molecule has 0 atom stereocenters. The van der Waals surface area contributed by atoms with Crippen molar-refractivity contribution >= 4 is 6.09 Å². The minimum absolute atomic E-state index is 0.0544. The van der Waals surface area contributed by atoms with Crippen molar-refractivity contribution < 1.29 is 22.7 Å². The molecular weight excluding hydrogens is 259 g/mol. The first-order valence-corrected chi connectivity index (χ1v) is 6.00. The van der Waals surface area contributed by atoms with Crippen LogP contribution in [0.3, 0.4) is 0 Å². The van der Waals surface area contributed by atoms with Crippen LogP contribution in [0.15, 0.2) is 24.3 Å². The van der Waals surface area contributed by atoms with E-state index in [1.807, 2.05) is 0 Å². The molecule has 1 aromatic rings. The van der Waals surface area contributed by atoms with E-state index in [0.717, 1.165) is 4.90 Å². The number of benzene rings is 1. The molecule has 0 N–H and O–H groups in total. The van der Waals surface area contributed by atoms with Gasteiger partial charge in [-0.05, 0) is 24.1 Å². The molecule has 2 rings (SSSR count). The van der Waals surface area contributed by atoms with Gasteiger partial charge in [-0.15, -0.1) is 0 Å². The molecule has 1 fully saturated rings. The van der Waals surface area contributed by atoms with Crippen LogP contribution in [0.2, 0.25) is 0 Å². The van der Waals surface area contributed by atoms with Crippen LogP contribution in [-0.4, -0.2) is 30.0 Å². The number of piperidine rings is 1.